The molecule has 0 spiro atoms. The predicted molar refractivity (Wildman–Crippen MR) is 109 cm³/mol. The van der Waals surface area contributed by atoms with Gasteiger partial charge >= 0.3 is 0 Å². The Bertz CT molecular complexity index is 1020. The molecule has 4 aromatic rings. The molecule has 0 aliphatic heterocycles. The van der Waals surface area contributed by atoms with Gasteiger partial charge in [0.25, 0.3) is 0 Å². The minimum atomic E-state index is 0.0179. The molecule has 0 fully saturated rings. The Hall–Kier alpha value is -2.92. The van der Waals surface area contributed by atoms with Crippen LogP contribution in [-0.2, 0) is 11.3 Å². The first-order valence-electron chi connectivity index (χ1n) is 8.95. The molecule has 0 saturated carbocycles. The molecule has 1 atom stereocenters. The van der Waals surface area contributed by atoms with Gasteiger partial charge in [-0.1, -0.05) is 49.4 Å². The van der Waals surface area contributed by atoms with Crippen LogP contribution in [0.4, 0.5) is 0 Å². The number of aromatic nitrogens is 1. The van der Waals surface area contributed by atoms with Crippen LogP contribution in [0, 0.1) is 0 Å². The van der Waals surface area contributed by atoms with Gasteiger partial charge in [-0.2, -0.15) is 0 Å². The maximum Gasteiger partial charge on any atom is 0.220 e. The van der Waals surface area contributed by atoms with Gasteiger partial charge in [-0.15, -0.1) is 11.3 Å². The van der Waals surface area contributed by atoms with Crippen LogP contribution in [-0.4, -0.2) is 10.9 Å². The van der Waals surface area contributed by atoms with Gasteiger partial charge in [0, 0.05) is 6.42 Å². The van der Waals surface area contributed by atoms with E-state index in [0.717, 1.165) is 26.7 Å². The Morgan fingerprint density at radius 1 is 1.07 bits per heavy atom. The molecule has 1 amide bonds. The van der Waals surface area contributed by atoms with Crippen LogP contribution in [0.1, 0.15) is 30.6 Å². The van der Waals surface area contributed by atoms with E-state index in [1.165, 1.54) is 5.56 Å². The highest BCUT2D eigenvalue weighted by Crippen LogP contribution is 2.31. The lowest BCUT2D eigenvalue weighted by molar-refractivity contribution is -0.121. The highest BCUT2D eigenvalue weighted by Gasteiger charge is 2.13. The Morgan fingerprint density at radius 2 is 1.85 bits per heavy atom. The Balaban J connectivity index is 1.36. The fourth-order valence-corrected chi connectivity index (χ4v) is 3.93. The molecule has 0 aliphatic carbocycles. The number of rotatable bonds is 6. The van der Waals surface area contributed by atoms with Gasteiger partial charge in [-0.05, 0) is 35.7 Å². The summed E-state index contributed by atoms with van der Waals surface area (Å²) in [7, 11) is 0. The average Bonchev–Trinajstić information content (AvgIpc) is 3.33. The maximum absolute atomic E-state index is 12.2. The summed E-state index contributed by atoms with van der Waals surface area (Å²) in [6.45, 7) is 2.44. The lowest BCUT2D eigenvalue weighted by Crippen LogP contribution is -2.23. The van der Waals surface area contributed by atoms with Crippen molar-refractivity contribution in [2.75, 3.05) is 0 Å². The molecule has 0 bridgehead atoms. The molecule has 0 aliphatic rings. The maximum atomic E-state index is 12.2. The summed E-state index contributed by atoms with van der Waals surface area (Å²) in [5, 5.41) is 3.79. The number of hydrogen-bond donors (Lipinski definition) is 1. The van der Waals surface area contributed by atoms with E-state index in [4.69, 9.17) is 4.42 Å². The number of para-hydroxylation sites is 1. The SMILES string of the molecule is C[C@@H](CC(=O)NCc1ccc(-c2nc3ccccc3s2)o1)c1ccccc1. The molecular formula is C22H20N2O2S. The summed E-state index contributed by atoms with van der Waals surface area (Å²) in [6, 6.07) is 21.9. The molecule has 1 N–H and O–H groups in total. The summed E-state index contributed by atoms with van der Waals surface area (Å²) in [5.74, 6) is 1.66. The lowest BCUT2D eigenvalue weighted by atomic mass is 9.98. The Morgan fingerprint density at radius 3 is 2.67 bits per heavy atom. The second-order valence-corrected chi connectivity index (χ2v) is 7.58. The van der Waals surface area contributed by atoms with Crippen LogP contribution in [0.15, 0.2) is 71.1 Å². The standard InChI is InChI=1S/C22H20N2O2S/c1-15(16-7-3-2-4-8-16)13-21(25)23-14-17-11-12-19(26-17)22-24-18-9-5-6-10-20(18)27-22/h2-12,15H,13-14H2,1H3,(H,23,25)/t15-/m0/s1. The van der Waals surface area contributed by atoms with Crippen molar-refractivity contribution >= 4 is 27.5 Å². The molecule has 2 aromatic carbocycles. The molecule has 5 heteroatoms. The minimum Gasteiger partial charge on any atom is -0.457 e. The molecular weight excluding hydrogens is 356 g/mol. The molecule has 2 aromatic heterocycles. The average molecular weight is 376 g/mol. The quantitative estimate of drug-likeness (QED) is 0.492. The molecule has 27 heavy (non-hydrogen) atoms. The van der Waals surface area contributed by atoms with Crippen LogP contribution in [0.3, 0.4) is 0 Å². The second-order valence-electron chi connectivity index (χ2n) is 6.55. The molecule has 136 valence electrons. The van der Waals surface area contributed by atoms with E-state index in [2.05, 4.69) is 35.4 Å². The van der Waals surface area contributed by atoms with E-state index in [0.29, 0.717) is 13.0 Å². The van der Waals surface area contributed by atoms with Crippen LogP contribution in [0.5, 0.6) is 0 Å². The minimum absolute atomic E-state index is 0.0179. The topological polar surface area (TPSA) is 55.1 Å². The van der Waals surface area contributed by atoms with Crippen molar-refractivity contribution in [1.82, 2.24) is 10.3 Å². The third-order valence-corrected chi connectivity index (χ3v) is 5.54. The fourth-order valence-electron chi connectivity index (χ4n) is 3.00. The second kappa shape index (κ2) is 7.76. The zero-order valence-electron chi connectivity index (χ0n) is 15.0. The van der Waals surface area contributed by atoms with Crippen LogP contribution >= 0.6 is 11.3 Å². The van der Waals surface area contributed by atoms with Crippen LogP contribution in [0.2, 0.25) is 0 Å². The first-order valence-corrected chi connectivity index (χ1v) is 9.77. The number of carbonyl (C=O) groups excluding carboxylic acids is 1. The fraction of sp³-hybridized carbons (Fsp3) is 0.182. The largest absolute Gasteiger partial charge is 0.457 e. The van der Waals surface area contributed by atoms with Crippen molar-refractivity contribution in [3.05, 3.63) is 78.1 Å². The van der Waals surface area contributed by atoms with Crippen molar-refractivity contribution in [3.63, 3.8) is 0 Å². The lowest BCUT2D eigenvalue weighted by Gasteiger charge is -2.11. The van der Waals surface area contributed by atoms with Gasteiger partial charge in [0.05, 0.1) is 16.8 Å². The number of benzene rings is 2. The molecule has 4 rings (SSSR count). The molecule has 0 unspecified atom stereocenters. The van der Waals surface area contributed by atoms with E-state index >= 15 is 0 Å². The zero-order valence-corrected chi connectivity index (χ0v) is 15.8. The summed E-state index contributed by atoms with van der Waals surface area (Å²) < 4.78 is 7.01. The summed E-state index contributed by atoms with van der Waals surface area (Å²) in [6.07, 6.45) is 0.454. The third kappa shape index (κ3) is 4.09. The number of thiazole rings is 1. The van der Waals surface area contributed by atoms with Crippen molar-refractivity contribution in [3.8, 4) is 10.8 Å². The van der Waals surface area contributed by atoms with E-state index in [9.17, 15) is 4.79 Å². The highest BCUT2D eigenvalue weighted by atomic mass is 32.1. The summed E-state index contributed by atoms with van der Waals surface area (Å²) in [5.41, 5.74) is 2.14. The van der Waals surface area contributed by atoms with Gasteiger partial charge in [0.2, 0.25) is 5.91 Å². The van der Waals surface area contributed by atoms with Gasteiger partial charge in [0.1, 0.15) is 5.76 Å². The third-order valence-electron chi connectivity index (χ3n) is 4.49. The number of nitrogens with one attached hydrogen (secondary N) is 1. The Labute approximate surface area is 161 Å². The molecule has 2 heterocycles. The van der Waals surface area contributed by atoms with Crippen LogP contribution in [0.25, 0.3) is 21.0 Å². The number of furan rings is 1. The van der Waals surface area contributed by atoms with Crippen molar-refractivity contribution in [1.29, 1.82) is 0 Å². The normalized spacial score (nSPS) is 12.2. The van der Waals surface area contributed by atoms with Gasteiger partial charge in [-0.25, -0.2) is 4.98 Å². The van der Waals surface area contributed by atoms with Crippen molar-refractivity contribution in [2.24, 2.45) is 0 Å². The molecule has 4 nitrogen and oxygen atoms in total. The van der Waals surface area contributed by atoms with Gasteiger partial charge in [0.15, 0.2) is 10.8 Å². The summed E-state index contributed by atoms with van der Waals surface area (Å²) >= 11 is 1.60. The first-order chi connectivity index (χ1) is 13.2. The van der Waals surface area contributed by atoms with E-state index in [1.54, 1.807) is 11.3 Å². The highest BCUT2D eigenvalue weighted by molar-refractivity contribution is 7.21. The first kappa shape index (κ1) is 17.5. The number of fused-ring (bicyclic) bond motifs is 1. The van der Waals surface area contributed by atoms with E-state index < -0.39 is 0 Å². The zero-order chi connectivity index (χ0) is 18.6. The number of nitrogens with zero attached hydrogens (tertiary/aromatic N) is 1. The van der Waals surface area contributed by atoms with E-state index in [1.807, 2.05) is 48.5 Å². The number of carbonyl (C=O) groups is 1. The number of hydrogen-bond acceptors (Lipinski definition) is 4. The van der Waals surface area contributed by atoms with Crippen molar-refractivity contribution in [2.45, 2.75) is 25.8 Å². The van der Waals surface area contributed by atoms with E-state index in [-0.39, 0.29) is 11.8 Å². The summed E-state index contributed by atoms with van der Waals surface area (Å²) in [4.78, 5) is 16.8. The van der Waals surface area contributed by atoms with Gasteiger partial charge in [-0.3, -0.25) is 4.79 Å². The monoisotopic (exact) mass is 376 g/mol. The Kier molecular flexibility index (Phi) is 5.03. The molecule has 0 saturated heterocycles. The predicted octanol–water partition coefficient (Wildman–Crippen LogP) is 5.37. The molecule has 0 radical (unpaired) electrons. The smallest absolute Gasteiger partial charge is 0.220 e. The van der Waals surface area contributed by atoms with Crippen molar-refractivity contribution < 1.29 is 9.21 Å². The van der Waals surface area contributed by atoms with Crippen LogP contribution < -0.4 is 5.32 Å². The number of amides is 1. The van der Waals surface area contributed by atoms with Gasteiger partial charge < -0.3 is 9.73 Å².